The quantitative estimate of drug-likeness (QED) is 0.891. The maximum Gasteiger partial charge on any atom is 0.223 e. The SMILES string of the molecule is C[C@H](C(=O)NCc1nccs1)C1CCOCC1. The normalized spacial score (nSPS) is 18.9. The van der Waals surface area contributed by atoms with Crippen molar-refractivity contribution >= 4 is 17.2 Å². The smallest absolute Gasteiger partial charge is 0.223 e. The number of nitrogens with one attached hydrogen (secondary N) is 1. The Morgan fingerprint density at radius 3 is 3.06 bits per heavy atom. The van der Waals surface area contributed by atoms with Gasteiger partial charge in [0, 0.05) is 30.7 Å². The van der Waals surface area contributed by atoms with Gasteiger partial charge in [-0.05, 0) is 18.8 Å². The van der Waals surface area contributed by atoms with Gasteiger partial charge in [0.15, 0.2) is 0 Å². The molecule has 4 nitrogen and oxygen atoms in total. The van der Waals surface area contributed by atoms with Crippen LogP contribution in [0.1, 0.15) is 24.8 Å². The molecule has 0 aromatic carbocycles. The van der Waals surface area contributed by atoms with Gasteiger partial charge in [0.05, 0.1) is 6.54 Å². The molecule has 1 saturated heterocycles. The Morgan fingerprint density at radius 1 is 1.65 bits per heavy atom. The fraction of sp³-hybridized carbons (Fsp3) is 0.667. The lowest BCUT2D eigenvalue weighted by molar-refractivity contribution is -0.127. The largest absolute Gasteiger partial charge is 0.381 e. The van der Waals surface area contributed by atoms with Gasteiger partial charge >= 0.3 is 0 Å². The van der Waals surface area contributed by atoms with Crippen molar-refractivity contribution < 1.29 is 9.53 Å². The Bertz CT molecular complexity index is 347. The van der Waals surface area contributed by atoms with Crippen molar-refractivity contribution in [1.29, 1.82) is 0 Å². The third-order valence-electron chi connectivity index (χ3n) is 3.28. The standard InChI is InChI=1S/C12H18N2O2S/c1-9(10-2-5-16-6-3-10)12(15)14-8-11-13-4-7-17-11/h4,7,9-10H,2-3,5-6,8H2,1H3,(H,14,15)/t9-/m0/s1. The molecule has 1 amide bonds. The van der Waals surface area contributed by atoms with Gasteiger partial charge in [-0.25, -0.2) is 4.98 Å². The van der Waals surface area contributed by atoms with Gasteiger partial charge in [0.25, 0.3) is 0 Å². The zero-order valence-electron chi connectivity index (χ0n) is 10.0. The molecule has 0 spiro atoms. The molecule has 1 atom stereocenters. The summed E-state index contributed by atoms with van der Waals surface area (Å²) in [5.74, 6) is 0.658. The monoisotopic (exact) mass is 254 g/mol. The van der Waals surface area contributed by atoms with Gasteiger partial charge in [-0.2, -0.15) is 0 Å². The van der Waals surface area contributed by atoms with Gasteiger partial charge in [-0.15, -0.1) is 11.3 Å². The Kier molecular flexibility index (Phi) is 4.50. The molecule has 17 heavy (non-hydrogen) atoms. The minimum atomic E-state index is 0.0684. The van der Waals surface area contributed by atoms with E-state index < -0.39 is 0 Å². The van der Waals surface area contributed by atoms with Crippen LogP contribution < -0.4 is 5.32 Å². The molecule has 2 heterocycles. The maximum atomic E-state index is 12.0. The highest BCUT2D eigenvalue weighted by atomic mass is 32.1. The summed E-state index contributed by atoms with van der Waals surface area (Å²) in [5, 5.41) is 5.83. The number of thiazole rings is 1. The van der Waals surface area contributed by atoms with Crippen LogP contribution in [0.2, 0.25) is 0 Å². The first-order valence-electron chi connectivity index (χ1n) is 6.01. The van der Waals surface area contributed by atoms with Crippen LogP contribution in [0.4, 0.5) is 0 Å². The topological polar surface area (TPSA) is 51.2 Å². The summed E-state index contributed by atoms with van der Waals surface area (Å²) in [6, 6.07) is 0. The molecule has 2 rings (SSSR count). The van der Waals surface area contributed by atoms with E-state index in [1.54, 1.807) is 17.5 Å². The van der Waals surface area contributed by atoms with E-state index in [1.807, 2.05) is 12.3 Å². The highest BCUT2D eigenvalue weighted by Crippen LogP contribution is 2.23. The van der Waals surface area contributed by atoms with E-state index in [4.69, 9.17) is 4.74 Å². The van der Waals surface area contributed by atoms with Crippen LogP contribution in [0.3, 0.4) is 0 Å². The second kappa shape index (κ2) is 6.12. The lowest BCUT2D eigenvalue weighted by Crippen LogP contribution is -2.35. The minimum Gasteiger partial charge on any atom is -0.381 e. The van der Waals surface area contributed by atoms with Crippen LogP contribution in [-0.2, 0) is 16.1 Å². The molecule has 0 bridgehead atoms. The number of rotatable bonds is 4. The lowest BCUT2D eigenvalue weighted by Gasteiger charge is -2.26. The average molecular weight is 254 g/mol. The van der Waals surface area contributed by atoms with Crippen molar-refractivity contribution in [1.82, 2.24) is 10.3 Å². The molecule has 1 aromatic rings. The lowest BCUT2D eigenvalue weighted by atomic mass is 9.87. The maximum absolute atomic E-state index is 12.0. The highest BCUT2D eigenvalue weighted by Gasteiger charge is 2.25. The molecule has 5 heteroatoms. The summed E-state index contributed by atoms with van der Waals surface area (Å²) in [6.45, 7) is 4.13. The Labute approximate surface area is 105 Å². The van der Waals surface area contributed by atoms with E-state index in [9.17, 15) is 4.79 Å². The Balaban J connectivity index is 1.78. The van der Waals surface area contributed by atoms with Crippen molar-refractivity contribution in [2.24, 2.45) is 11.8 Å². The van der Waals surface area contributed by atoms with Crippen LogP contribution in [0.15, 0.2) is 11.6 Å². The summed E-state index contributed by atoms with van der Waals surface area (Å²) in [5.41, 5.74) is 0. The number of hydrogen-bond acceptors (Lipinski definition) is 4. The molecule has 1 aliphatic heterocycles. The molecule has 94 valence electrons. The third-order valence-corrected chi connectivity index (χ3v) is 4.06. The number of carbonyl (C=O) groups excluding carboxylic acids is 1. The molecular weight excluding hydrogens is 236 g/mol. The first kappa shape index (κ1) is 12.5. The van der Waals surface area contributed by atoms with Crippen molar-refractivity contribution in [3.8, 4) is 0 Å². The Hall–Kier alpha value is -0.940. The highest BCUT2D eigenvalue weighted by molar-refractivity contribution is 7.09. The second-order valence-corrected chi connectivity index (χ2v) is 5.36. The minimum absolute atomic E-state index is 0.0684. The summed E-state index contributed by atoms with van der Waals surface area (Å²) >= 11 is 1.57. The van der Waals surface area contributed by atoms with E-state index in [-0.39, 0.29) is 11.8 Å². The third kappa shape index (κ3) is 3.51. The van der Waals surface area contributed by atoms with E-state index in [0.29, 0.717) is 12.5 Å². The van der Waals surface area contributed by atoms with E-state index >= 15 is 0 Å². The number of carbonyl (C=O) groups is 1. The van der Waals surface area contributed by atoms with Crippen molar-refractivity contribution in [2.45, 2.75) is 26.3 Å². The molecule has 1 aliphatic rings. The fourth-order valence-electron chi connectivity index (χ4n) is 2.09. The van der Waals surface area contributed by atoms with Crippen LogP contribution >= 0.6 is 11.3 Å². The number of ether oxygens (including phenoxy) is 1. The number of nitrogens with zero attached hydrogens (tertiary/aromatic N) is 1. The number of amides is 1. The molecule has 0 aliphatic carbocycles. The summed E-state index contributed by atoms with van der Waals surface area (Å²) in [6.07, 6.45) is 3.74. The average Bonchev–Trinajstić information content (AvgIpc) is 2.89. The number of hydrogen-bond donors (Lipinski definition) is 1. The first-order chi connectivity index (χ1) is 8.27. The van der Waals surface area contributed by atoms with Crippen LogP contribution in [0.5, 0.6) is 0 Å². The predicted molar refractivity (Wildman–Crippen MR) is 66.7 cm³/mol. The van der Waals surface area contributed by atoms with Crippen molar-refractivity contribution in [3.05, 3.63) is 16.6 Å². The van der Waals surface area contributed by atoms with E-state index in [0.717, 1.165) is 31.1 Å². The molecule has 0 unspecified atom stereocenters. The van der Waals surface area contributed by atoms with Gasteiger partial charge < -0.3 is 10.1 Å². The predicted octanol–water partition coefficient (Wildman–Crippen LogP) is 1.82. The molecule has 0 radical (unpaired) electrons. The van der Waals surface area contributed by atoms with Crippen LogP contribution in [0.25, 0.3) is 0 Å². The summed E-state index contributed by atoms with van der Waals surface area (Å²) in [7, 11) is 0. The first-order valence-corrected chi connectivity index (χ1v) is 6.89. The Morgan fingerprint density at radius 2 is 2.41 bits per heavy atom. The zero-order chi connectivity index (χ0) is 12.1. The van der Waals surface area contributed by atoms with Crippen LogP contribution in [0, 0.1) is 11.8 Å². The van der Waals surface area contributed by atoms with Gasteiger partial charge in [-0.1, -0.05) is 6.92 Å². The second-order valence-electron chi connectivity index (χ2n) is 4.38. The molecule has 1 fully saturated rings. The fourth-order valence-corrected chi connectivity index (χ4v) is 2.65. The van der Waals surface area contributed by atoms with Gasteiger partial charge in [0.2, 0.25) is 5.91 Å². The van der Waals surface area contributed by atoms with E-state index in [1.165, 1.54) is 0 Å². The zero-order valence-corrected chi connectivity index (χ0v) is 10.8. The van der Waals surface area contributed by atoms with Crippen molar-refractivity contribution in [3.63, 3.8) is 0 Å². The van der Waals surface area contributed by atoms with Crippen LogP contribution in [-0.4, -0.2) is 24.1 Å². The van der Waals surface area contributed by atoms with Gasteiger partial charge in [0.1, 0.15) is 5.01 Å². The summed E-state index contributed by atoms with van der Waals surface area (Å²) < 4.78 is 5.31. The van der Waals surface area contributed by atoms with E-state index in [2.05, 4.69) is 10.3 Å². The molecule has 1 N–H and O–H groups in total. The van der Waals surface area contributed by atoms with Crippen molar-refractivity contribution in [2.75, 3.05) is 13.2 Å². The number of aromatic nitrogens is 1. The molecule has 0 saturated carbocycles. The summed E-state index contributed by atoms with van der Waals surface area (Å²) in [4.78, 5) is 16.1. The molecule has 1 aromatic heterocycles. The molecular formula is C12H18N2O2S. The van der Waals surface area contributed by atoms with Gasteiger partial charge in [-0.3, -0.25) is 4.79 Å².